The minimum absolute atomic E-state index is 0.712. The Morgan fingerprint density at radius 3 is 1.56 bits per heavy atom. The topological polar surface area (TPSA) is 18.5 Å². The molecule has 106 valence electrons. The molecule has 2 nitrogen and oxygen atoms in total. The van der Waals surface area contributed by atoms with Crippen molar-refractivity contribution in [1.82, 2.24) is 0 Å². The first-order valence-electron chi connectivity index (χ1n) is 6.45. The average molecular weight is 290 g/mol. The van der Waals surface area contributed by atoms with E-state index in [4.69, 9.17) is 9.47 Å². The molecular weight excluding hydrogens is 264 g/mol. The third-order valence-electron chi connectivity index (χ3n) is 2.02. The molecule has 0 saturated heterocycles. The molecular formula is C14H26O2S2. The van der Waals surface area contributed by atoms with Crippen molar-refractivity contribution in [2.45, 2.75) is 13.8 Å². The van der Waals surface area contributed by atoms with Crippen molar-refractivity contribution < 1.29 is 9.47 Å². The summed E-state index contributed by atoms with van der Waals surface area (Å²) in [4.78, 5) is 0. The Bertz CT molecular complexity index is 184. The molecule has 0 N–H and O–H groups in total. The third kappa shape index (κ3) is 16.1. The molecule has 0 atom stereocenters. The van der Waals surface area contributed by atoms with Crippen LogP contribution in [0.3, 0.4) is 0 Å². The van der Waals surface area contributed by atoms with Crippen LogP contribution in [0.1, 0.15) is 13.8 Å². The summed E-state index contributed by atoms with van der Waals surface area (Å²) in [5.41, 5.74) is 0. The first-order chi connectivity index (χ1) is 8.91. The second-order valence-corrected chi connectivity index (χ2v) is 5.81. The number of ether oxygens (including phenoxy) is 2. The van der Waals surface area contributed by atoms with Gasteiger partial charge in [0.1, 0.15) is 0 Å². The maximum Gasteiger partial charge on any atom is 0.0700 e. The monoisotopic (exact) mass is 290 g/mol. The van der Waals surface area contributed by atoms with Crippen molar-refractivity contribution in [3.05, 3.63) is 24.3 Å². The van der Waals surface area contributed by atoms with E-state index in [2.05, 4.69) is 24.3 Å². The Morgan fingerprint density at radius 2 is 1.17 bits per heavy atom. The number of allylic oxidation sites excluding steroid dienone is 2. The molecule has 0 aromatic rings. The standard InChI is InChI=1S/C14H26O2S2/c1-3-5-11-17-13-9-15-7-8-16-10-14-18-12-6-4-2/h3-6H,7-14H2,1-2H3. The summed E-state index contributed by atoms with van der Waals surface area (Å²) >= 11 is 3.79. The molecule has 0 bridgehead atoms. The summed E-state index contributed by atoms with van der Waals surface area (Å²) in [6, 6.07) is 0. The zero-order chi connectivity index (χ0) is 13.3. The Hall–Kier alpha value is 0.1000. The lowest BCUT2D eigenvalue weighted by molar-refractivity contribution is 0.0605. The molecule has 0 aliphatic rings. The minimum Gasteiger partial charge on any atom is -0.378 e. The minimum atomic E-state index is 0.712. The molecule has 0 aromatic carbocycles. The maximum absolute atomic E-state index is 5.47. The van der Waals surface area contributed by atoms with E-state index in [1.165, 1.54) is 0 Å². The molecule has 0 radical (unpaired) electrons. The van der Waals surface area contributed by atoms with Crippen molar-refractivity contribution >= 4 is 23.5 Å². The summed E-state index contributed by atoms with van der Waals surface area (Å²) in [6.07, 6.45) is 8.49. The summed E-state index contributed by atoms with van der Waals surface area (Å²) < 4.78 is 10.9. The van der Waals surface area contributed by atoms with E-state index in [9.17, 15) is 0 Å². The van der Waals surface area contributed by atoms with Crippen molar-refractivity contribution in [3.8, 4) is 0 Å². The van der Waals surface area contributed by atoms with Crippen molar-refractivity contribution in [1.29, 1.82) is 0 Å². The number of rotatable bonds is 13. The molecule has 0 heterocycles. The van der Waals surface area contributed by atoms with Crippen molar-refractivity contribution in [2.24, 2.45) is 0 Å². The number of hydrogen-bond acceptors (Lipinski definition) is 4. The fraction of sp³-hybridized carbons (Fsp3) is 0.714. The van der Waals surface area contributed by atoms with Gasteiger partial charge in [0, 0.05) is 23.0 Å². The SMILES string of the molecule is CC=CCSCCOCCOCCSCC=CC. The van der Waals surface area contributed by atoms with Gasteiger partial charge in [0.2, 0.25) is 0 Å². The second-order valence-electron chi connectivity index (χ2n) is 3.51. The van der Waals surface area contributed by atoms with Gasteiger partial charge in [-0.3, -0.25) is 0 Å². The maximum atomic E-state index is 5.47. The first-order valence-corrected chi connectivity index (χ1v) is 8.76. The zero-order valence-electron chi connectivity index (χ0n) is 11.6. The van der Waals surface area contributed by atoms with Crippen LogP contribution in [-0.4, -0.2) is 49.4 Å². The predicted molar refractivity (Wildman–Crippen MR) is 85.9 cm³/mol. The van der Waals surface area contributed by atoms with Gasteiger partial charge in [0.05, 0.1) is 26.4 Å². The van der Waals surface area contributed by atoms with E-state index in [-0.39, 0.29) is 0 Å². The highest BCUT2D eigenvalue weighted by molar-refractivity contribution is 7.99. The molecule has 0 aliphatic carbocycles. The van der Waals surface area contributed by atoms with E-state index in [0.717, 1.165) is 36.2 Å². The molecule has 4 heteroatoms. The molecule has 0 rings (SSSR count). The highest BCUT2D eigenvalue weighted by Crippen LogP contribution is 2.00. The lowest BCUT2D eigenvalue weighted by Crippen LogP contribution is -2.08. The number of thioether (sulfide) groups is 2. The number of hydrogen-bond donors (Lipinski definition) is 0. The van der Waals surface area contributed by atoms with E-state index >= 15 is 0 Å². The van der Waals surface area contributed by atoms with Gasteiger partial charge in [0.25, 0.3) is 0 Å². The molecule has 0 amide bonds. The van der Waals surface area contributed by atoms with E-state index in [1.54, 1.807) is 0 Å². The smallest absolute Gasteiger partial charge is 0.0700 e. The van der Waals surface area contributed by atoms with Crippen LogP contribution in [0.4, 0.5) is 0 Å². The summed E-state index contributed by atoms with van der Waals surface area (Å²) in [7, 11) is 0. The van der Waals surface area contributed by atoms with Gasteiger partial charge in [-0.1, -0.05) is 24.3 Å². The Labute approximate surface area is 121 Å². The van der Waals surface area contributed by atoms with Crippen molar-refractivity contribution in [2.75, 3.05) is 49.4 Å². The Balaban J connectivity index is 2.94. The molecule has 0 aliphatic heterocycles. The van der Waals surface area contributed by atoms with Crippen LogP contribution in [0.5, 0.6) is 0 Å². The zero-order valence-corrected chi connectivity index (χ0v) is 13.2. The van der Waals surface area contributed by atoms with Crippen LogP contribution in [0, 0.1) is 0 Å². The average Bonchev–Trinajstić information content (AvgIpc) is 2.39. The van der Waals surface area contributed by atoms with Gasteiger partial charge in [0.15, 0.2) is 0 Å². The summed E-state index contributed by atoms with van der Waals surface area (Å²) in [5, 5.41) is 0. The van der Waals surface area contributed by atoms with E-state index in [0.29, 0.717) is 13.2 Å². The molecule has 0 aromatic heterocycles. The van der Waals surface area contributed by atoms with Crippen LogP contribution in [0.2, 0.25) is 0 Å². The lowest BCUT2D eigenvalue weighted by Gasteiger charge is -2.05. The highest BCUT2D eigenvalue weighted by Gasteiger charge is 1.91. The summed E-state index contributed by atoms with van der Waals surface area (Å²) in [6.45, 7) is 7.16. The molecule has 18 heavy (non-hydrogen) atoms. The fourth-order valence-corrected chi connectivity index (χ4v) is 2.51. The van der Waals surface area contributed by atoms with Crippen LogP contribution in [0.15, 0.2) is 24.3 Å². The van der Waals surface area contributed by atoms with Crippen LogP contribution in [0.25, 0.3) is 0 Å². The van der Waals surface area contributed by atoms with E-state index in [1.807, 2.05) is 37.4 Å². The van der Waals surface area contributed by atoms with Crippen LogP contribution < -0.4 is 0 Å². The quantitative estimate of drug-likeness (QED) is 0.381. The summed E-state index contributed by atoms with van der Waals surface area (Å²) in [5.74, 6) is 4.28. The lowest BCUT2D eigenvalue weighted by atomic mass is 10.6. The predicted octanol–water partition coefficient (Wildman–Crippen LogP) is 3.64. The van der Waals surface area contributed by atoms with E-state index < -0.39 is 0 Å². The molecule has 0 spiro atoms. The first kappa shape index (κ1) is 18.1. The van der Waals surface area contributed by atoms with Gasteiger partial charge in [-0.05, 0) is 13.8 Å². The largest absolute Gasteiger partial charge is 0.378 e. The van der Waals surface area contributed by atoms with Crippen LogP contribution in [-0.2, 0) is 9.47 Å². The Morgan fingerprint density at radius 1 is 0.722 bits per heavy atom. The molecule has 0 unspecified atom stereocenters. The van der Waals surface area contributed by atoms with Gasteiger partial charge < -0.3 is 9.47 Å². The van der Waals surface area contributed by atoms with Gasteiger partial charge >= 0.3 is 0 Å². The Kier molecular flexibility index (Phi) is 17.2. The fourth-order valence-electron chi connectivity index (χ4n) is 1.05. The third-order valence-corrected chi connectivity index (χ3v) is 3.78. The van der Waals surface area contributed by atoms with Gasteiger partial charge in [-0.2, -0.15) is 23.5 Å². The molecule has 0 fully saturated rings. The second kappa shape index (κ2) is 17.1. The normalized spacial score (nSPS) is 11.9. The molecule has 0 saturated carbocycles. The van der Waals surface area contributed by atoms with Crippen LogP contribution >= 0.6 is 23.5 Å². The highest BCUT2D eigenvalue weighted by atomic mass is 32.2. The van der Waals surface area contributed by atoms with Gasteiger partial charge in [-0.25, -0.2) is 0 Å². The van der Waals surface area contributed by atoms with Crippen molar-refractivity contribution in [3.63, 3.8) is 0 Å². The van der Waals surface area contributed by atoms with Gasteiger partial charge in [-0.15, -0.1) is 0 Å².